The molecular formula is C13H25NO. The summed E-state index contributed by atoms with van der Waals surface area (Å²) in [5.41, 5.74) is 6.59. The van der Waals surface area contributed by atoms with Gasteiger partial charge in [-0.05, 0) is 33.1 Å². The Morgan fingerprint density at radius 2 is 1.73 bits per heavy atom. The Bertz CT molecular complexity index is 207. The quantitative estimate of drug-likeness (QED) is 0.762. The van der Waals surface area contributed by atoms with Crippen LogP contribution in [0.1, 0.15) is 58.8 Å². The van der Waals surface area contributed by atoms with Crippen molar-refractivity contribution in [1.82, 2.24) is 0 Å². The van der Waals surface area contributed by atoms with Crippen LogP contribution in [0.15, 0.2) is 0 Å². The van der Waals surface area contributed by atoms with E-state index in [0.29, 0.717) is 23.7 Å². The van der Waals surface area contributed by atoms with Crippen molar-refractivity contribution in [2.24, 2.45) is 11.1 Å². The second-order valence-electron chi connectivity index (χ2n) is 5.66. The first-order valence-corrected chi connectivity index (χ1v) is 6.56. The van der Waals surface area contributed by atoms with Gasteiger partial charge in [0.1, 0.15) is 0 Å². The summed E-state index contributed by atoms with van der Waals surface area (Å²) < 4.78 is 6.03. The second-order valence-corrected chi connectivity index (χ2v) is 5.66. The van der Waals surface area contributed by atoms with Crippen molar-refractivity contribution in [3.05, 3.63) is 0 Å². The molecule has 88 valence electrons. The lowest BCUT2D eigenvalue weighted by Crippen LogP contribution is -2.62. The highest BCUT2D eigenvalue weighted by Crippen LogP contribution is 2.51. The third kappa shape index (κ3) is 2.07. The summed E-state index contributed by atoms with van der Waals surface area (Å²) in [6.07, 6.45) is 9.96. The van der Waals surface area contributed by atoms with Gasteiger partial charge in [0, 0.05) is 11.5 Å². The van der Waals surface area contributed by atoms with Crippen molar-refractivity contribution in [2.45, 2.75) is 77.0 Å². The van der Waals surface area contributed by atoms with Gasteiger partial charge in [-0.15, -0.1) is 0 Å². The summed E-state index contributed by atoms with van der Waals surface area (Å²) in [4.78, 5) is 0. The minimum Gasteiger partial charge on any atom is -0.375 e. The van der Waals surface area contributed by atoms with Crippen molar-refractivity contribution < 1.29 is 4.74 Å². The smallest absolute Gasteiger partial charge is 0.0664 e. The van der Waals surface area contributed by atoms with Crippen LogP contribution in [0, 0.1) is 5.41 Å². The first-order chi connectivity index (χ1) is 7.15. The molecule has 2 aliphatic rings. The van der Waals surface area contributed by atoms with Gasteiger partial charge in [0.05, 0.1) is 12.2 Å². The first-order valence-electron chi connectivity index (χ1n) is 6.56. The maximum atomic E-state index is 6.24. The standard InChI is InChI=1S/C13H25NO/c1-10(2)15-12-9-11(14)13(12)7-5-3-4-6-8-13/h10-12H,3-9,14H2,1-2H3. The summed E-state index contributed by atoms with van der Waals surface area (Å²) in [5, 5.41) is 0. The average molecular weight is 211 g/mol. The molecule has 2 aliphatic carbocycles. The maximum Gasteiger partial charge on any atom is 0.0664 e. The fourth-order valence-electron chi connectivity index (χ4n) is 3.38. The fourth-order valence-corrected chi connectivity index (χ4v) is 3.38. The van der Waals surface area contributed by atoms with E-state index in [1.807, 2.05) is 0 Å². The minimum absolute atomic E-state index is 0.348. The van der Waals surface area contributed by atoms with Crippen molar-refractivity contribution in [3.8, 4) is 0 Å². The molecule has 1 spiro atoms. The Morgan fingerprint density at radius 3 is 2.20 bits per heavy atom. The van der Waals surface area contributed by atoms with E-state index in [2.05, 4.69) is 13.8 Å². The maximum absolute atomic E-state index is 6.24. The highest BCUT2D eigenvalue weighted by atomic mass is 16.5. The van der Waals surface area contributed by atoms with Crippen LogP contribution in [-0.4, -0.2) is 18.2 Å². The third-order valence-electron chi connectivity index (χ3n) is 4.32. The molecule has 2 unspecified atom stereocenters. The predicted octanol–water partition coefficient (Wildman–Crippen LogP) is 2.85. The molecule has 0 aromatic heterocycles. The second kappa shape index (κ2) is 4.42. The van der Waals surface area contributed by atoms with Crippen LogP contribution in [-0.2, 0) is 4.74 Å². The van der Waals surface area contributed by atoms with E-state index in [-0.39, 0.29) is 0 Å². The van der Waals surface area contributed by atoms with Gasteiger partial charge in [0.15, 0.2) is 0 Å². The zero-order chi connectivity index (χ0) is 10.9. The Kier molecular flexibility index (Phi) is 3.36. The number of rotatable bonds is 2. The summed E-state index contributed by atoms with van der Waals surface area (Å²) in [6, 6.07) is 0.402. The van der Waals surface area contributed by atoms with Crippen LogP contribution in [0.2, 0.25) is 0 Å². The summed E-state index contributed by atoms with van der Waals surface area (Å²) >= 11 is 0. The van der Waals surface area contributed by atoms with Crippen molar-refractivity contribution >= 4 is 0 Å². The first kappa shape index (κ1) is 11.4. The molecule has 0 saturated heterocycles. The molecule has 0 aromatic rings. The van der Waals surface area contributed by atoms with E-state index >= 15 is 0 Å². The van der Waals surface area contributed by atoms with Crippen LogP contribution in [0.5, 0.6) is 0 Å². The molecule has 15 heavy (non-hydrogen) atoms. The van der Waals surface area contributed by atoms with Crippen LogP contribution in [0.25, 0.3) is 0 Å². The summed E-state index contributed by atoms with van der Waals surface area (Å²) in [7, 11) is 0. The van der Waals surface area contributed by atoms with Crippen LogP contribution < -0.4 is 5.73 Å². The lowest BCUT2D eigenvalue weighted by molar-refractivity contribution is -0.153. The largest absolute Gasteiger partial charge is 0.375 e. The average Bonchev–Trinajstić information content (AvgIpc) is 2.43. The third-order valence-corrected chi connectivity index (χ3v) is 4.32. The normalized spacial score (nSPS) is 35.2. The molecule has 2 nitrogen and oxygen atoms in total. The zero-order valence-electron chi connectivity index (χ0n) is 10.2. The summed E-state index contributed by atoms with van der Waals surface area (Å²) in [5.74, 6) is 0. The lowest BCUT2D eigenvalue weighted by atomic mass is 9.58. The van der Waals surface area contributed by atoms with Crippen molar-refractivity contribution in [3.63, 3.8) is 0 Å². The van der Waals surface area contributed by atoms with E-state index in [1.165, 1.54) is 38.5 Å². The van der Waals surface area contributed by atoms with Crippen LogP contribution >= 0.6 is 0 Å². The van der Waals surface area contributed by atoms with E-state index < -0.39 is 0 Å². The van der Waals surface area contributed by atoms with E-state index in [4.69, 9.17) is 10.5 Å². The Balaban J connectivity index is 2.01. The number of nitrogens with two attached hydrogens (primary N) is 1. The van der Waals surface area contributed by atoms with Crippen LogP contribution in [0.3, 0.4) is 0 Å². The van der Waals surface area contributed by atoms with E-state index in [1.54, 1.807) is 0 Å². The molecule has 0 aromatic carbocycles. The van der Waals surface area contributed by atoms with Gasteiger partial charge in [0.2, 0.25) is 0 Å². The van der Waals surface area contributed by atoms with E-state index in [9.17, 15) is 0 Å². The van der Waals surface area contributed by atoms with Crippen molar-refractivity contribution in [1.29, 1.82) is 0 Å². The number of hydrogen-bond acceptors (Lipinski definition) is 2. The molecule has 2 atom stereocenters. The van der Waals surface area contributed by atoms with Gasteiger partial charge in [0.25, 0.3) is 0 Å². The van der Waals surface area contributed by atoms with Gasteiger partial charge in [-0.25, -0.2) is 0 Å². The van der Waals surface area contributed by atoms with Gasteiger partial charge >= 0.3 is 0 Å². The predicted molar refractivity (Wildman–Crippen MR) is 62.7 cm³/mol. The molecule has 2 saturated carbocycles. The molecule has 0 radical (unpaired) electrons. The van der Waals surface area contributed by atoms with Gasteiger partial charge in [-0.2, -0.15) is 0 Å². The molecule has 0 aliphatic heterocycles. The Labute approximate surface area is 93.6 Å². The highest BCUT2D eigenvalue weighted by Gasteiger charge is 2.53. The molecule has 0 amide bonds. The molecule has 2 N–H and O–H groups in total. The van der Waals surface area contributed by atoms with E-state index in [0.717, 1.165) is 6.42 Å². The van der Waals surface area contributed by atoms with Gasteiger partial charge in [-0.1, -0.05) is 25.7 Å². The molecule has 0 heterocycles. The summed E-state index contributed by atoms with van der Waals surface area (Å²) in [6.45, 7) is 4.27. The molecular weight excluding hydrogens is 186 g/mol. The van der Waals surface area contributed by atoms with Gasteiger partial charge < -0.3 is 10.5 Å². The Hall–Kier alpha value is -0.0800. The lowest BCUT2D eigenvalue weighted by Gasteiger charge is -2.55. The zero-order valence-corrected chi connectivity index (χ0v) is 10.2. The van der Waals surface area contributed by atoms with Crippen LogP contribution in [0.4, 0.5) is 0 Å². The molecule has 2 rings (SSSR count). The number of ether oxygens (including phenoxy) is 1. The fraction of sp³-hybridized carbons (Fsp3) is 1.00. The Morgan fingerprint density at radius 1 is 1.13 bits per heavy atom. The van der Waals surface area contributed by atoms with Crippen molar-refractivity contribution in [2.75, 3.05) is 0 Å². The topological polar surface area (TPSA) is 35.2 Å². The van der Waals surface area contributed by atoms with Gasteiger partial charge in [-0.3, -0.25) is 0 Å². The molecule has 2 heteroatoms. The molecule has 2 fully saturated rings. The monoisotopic (exact) mass is 211 g/mol. The highest BCUT2D eigenvalue weighted by molar-refractivity contribution is 5.07. The SMILES string of the molecule is CC(C)OC1CC(N)C12CCCCCC2. The molecule has 0 bridgehead atoms. The number of hydrogen-bond donors (Lipinski definition) is 1. The minimum atomic E-state index is 0.348.